The molecule has 0 saturated heterocycles. The smallest absolute Gasteiger partial charge is 0.258 e. The SMILES string of the molecule is C=C/C=C\C.CC.C[B]c1ccc([N+](=O)[O-])cc1C.Cc1cc([N+](=O)[O-])ccc1SCc1ccccc1. The van der Waals surface area contributed by atoms with Gasteiger partial charge in [0.2, 0.25) is 0 Å². The molecule has 0 saturated carbocycles. The second-order valence-corrected chi connectivity index (χ2v) is 8.35. The number of allylic oxidation sites excluding steroid dienone is 3. The lowest BCUT2D eigenvalue weighted by atomic mass is 9.71. The summed E-state index contributed by atoms with van der Waals surface area (Å²) >= 11 is 1.70. The second kappa shape index (κ2) is 19.5. The summed E-state index contributed by atoms with van der Waals surface area (Å²) in [4.78, 5) is 21.3. The average molecular weight is 519 g/mol. The number of non-ortho nitro benzene ring substituents is 2. The Labute approximate surface area is 226 Å². The van der Waals surface area contributed by atoms with Gasteiger partial charge >= 0.3 is 0 Å². The van der Waals surface area contributed by atoms with Crippen molar-refractivity contribution in [2.45, 2.75) is 52.1 Å². The van der Waals surface area contributed by atoms with E-state index in [1.807, 2.05) is 85.1 Å². The molecule has 0 fully saturated rings. The molecule has 0 heterocycles. The maximum Gasteiger partial charge on any atom is 0.269 e. The molecule has 0 bridgehead atoms. The maximum atomic E-state index is 10.6. The molecular formula is C29H36BN2O4S. The summed E-state index contributed by atoms with van der Waals surface area (Å²) in [6, 6.07) is 20.0. The standard InChI is InChI=1S/C14H13NO2S.C8H9BNO2.C5H8.C2H6/c1-11-9-13(15(16)17)7-8-14(11)18-10-12-5-3-2-4-6-12;1-6-5-7(10(11)12)3-4-8(6)9-2;1-3-5-4-2;1-2/h2-9H,10H2,1H3;3-5H,1-2H3;3-5H,1H2,2H3;1-2H3/b;;5-4-;. The topological polar surface area (TPSA) is 86.3 Å². The number of rotatable bonds is 7. The van der Waals surface area contributed by atoms with Crippen molar-refractivity contribution < 1.29 is 9.85 Å². The Balaban J connectivity index is 0.000000588. The molecule has 3 rings (SSSR count). The van der Waals surface area contributed by atoms with Gasteiger partial charge in [-0.1, -0.05) is 92.9 Å². The van der Waals surface area contributed by atoms with Gasteiger partial charge in [0.05, 0.1) is 9.85 Å². The van der Waals surface area contributed by atoms with Crippen LogP contribution in [0.25, 0.3) is 0 Å². The van der Waals surface area contributed by atoms with E-state index in [1.165, 1.54) is 11.6 Å². The molecule has 3 aromatic carbocycles. The summed E-state index contributed by atoms with van der Waals surface area (Å²) in [7, 11) is 1.93. The van der Waals surface area contributed by atoms with Crippen LogP contribution in [0.4, 0.5) is 11.4 Å². The Hall–Kier alpha value is -3.65. The van der Waals surface area contributed by atoms with E-state index in [0.717, 1.165) is 27.2 Å². The van der Waals surface area contributed by atoms with Gasteiger partial charge < -0.3 is 0 Å². The summed E-state index contributed by atoms with van der Waals surface area (Å²) < 4.78 is 0. The number of hydrogen-bond donors (Lipinski definition) is 0. The van der Waals surface area contributed by atoms with Crippen LogP contribution < -0.4 is 5.46 Å². The van der Waals surface area contributed by atoms with Crippen LogP contribution >= 0.6 is 11.8 Å². The molecule has 0 aliphatic rings. The number of hydrogen-bond acceptors (Lipinski definition) is 5. The van der Waals surface area contributed by atoms with Gasteiger partial charge in [0, 0.05) is 34.9 Å². The molecule has 0 aliphatic carbocycles. The molecular weight excluding hydrogens is 483 g/mol. The predicted molar refractivity (Wildman–Crippen MR) is 159 cm³/mol. The normalized spacial score (nSPS) is 9.46. The van der Waals surface area contributed by atoms with E-state index in [9.17, 15) is 20.2 Å². The first-order valence-corrected chi connectivity index (χ1v) is 12.9. The molecule has 37 heavy (non-hydrogen) atoms. The van der Waals surface area contributed by atoms with Gasteiger partial charge in [0.25, 0.3) is 11.4 Å². The van der Waals surface area contributed by atoms with Crippen molar-refractivity contribution in [2.24, 2.45) is 0 Å². The van der Waals surface area contributed by atoms with Crippen LogP contribution in [0.2, 0.25) is 6.82 Å². The molecule has 195 valence electrons. The van der Waals surface area contributed by atoms with Crippen LogP contribution in [0.1, 0.15) is 37.5 Å². The zero-order valence-electron chi connectivity index (χ0n) is 22.5. The molecule has 8 heteroatoms. The van der Waals surface area contributed by atoms with Crippen molar-refractivity contribution in [3.63, 3.8) is 0 Å². The van der Waals surface area contributed by atoms with E-state index < -0.39 is 0 Å². The summed E-state index contributed by atoms with van der Waals surface area (Å²) in [5.74, 6) is 0.874. The summed E-state index contributed by atoms with van der Waals surface area (Å²) in [6.07, 6.45) is 5.58. The number of nitro benzene ring substituents is 2. The third-order valence-electron chi connectivity index (χ3n) is 4.71. The van der Waals surface area contributed by atoms with Crippen molar-refractivity contribution >= 4 is 35.9 Å². The fourth-order valence-electron chi connectivity index (χ4n) is 2.88. The molecule has 0 spiro atoms. The van der Waals surface area contributed by atoms with E-state index in [-0.39, 0.29) is 21.2 Å². The lowest BCUT2D eigenvalue weighted by Gasteiger charge is -2.05. The Morgan fingerprint density at radius 1 is 0.892 bits per heavy atom. The van der Waals surface area contributed by atoms with E-state index in [0.29, 0.717) is 0 Å². The first kappa shape index (κ1) is 33.4. The quantitative estimate of drug-likeness (QED) is 0.103. The lowest BCUT2D eigenvalue weighted by Crippen LogP contribution is -2.14. The first-order chi connectivity index (χ1) is 17.7. The van der Waals surface area contributed by atoms with Crippen molar-refractivity contribution in [2.75, 3.05) is 0 Å². The highest BCUT2D eigenvalue weighted by Gasteiger charge is 2.08. The Bertz CT molecular complexity index is 1150. The monoisotopic (exact) mass is 519 g/mol. The largest absolute Gasteiger partial charge is 0.269 e. The second-order valence-electron chi connectivity index (χ2n) is 7.33. The van der Waals surface area contributed by atoms with Gasteiger partial charge in [0.1, 0.15) is 7.28 Å². The molecule has 1 radical (unpaired) electrons. The Morgan fingerprint density at radius 3 is 1.84 bits per heavy atom. The van der Waals surface area contributed by atoms with Gasteiger partial charge in [0.15, 0.2) is 0 Å². The molecule has 3 aromatic rings. The fraction of sp³-hybridized carbons (Fsp3) is 0.241. The van der Waals surface area contributed by atoms with Crippen LogP contribution in [0.15, 0.2) is 96.4 Å². The van der Waals surface area contributed by atoms with Crippen LogP contribution in [0.3, 0.4) is 0 Å². The van der Waals surface area contributed by atoms with Crippen molar-refractivity contribution in [3.8, 4) is 0 Å². The van der Waals surface area contributed by atoms with E-state index in [2.05, 4.69) is 18.7 Å². The minimum atomic E-state index is -0.382. The molecule has 6 nitrogen and oxygen atoms in total. The van der Waals surface area contributed by atoms with Crippen molar-refractivity contribution in [3.05, 3.63) is 128 Å². The average Bonchev–Trinajstić information content (AvgIpc) is 2.90. The highest BCUT2D eigenvalue weighted by atomic mass is 32.2. The van der Waals surface area contributed by atoms with Crippen LogP contribution in [-0.2, 0) is 5.75 Å². The van der Waals surface area contributed by atoms with Gasteiger partial charge in [-0.2, -0.15) is 0 Å². The number of aryl methyl sites for hydroxylation is 2. The Morgan fingerprint density at radius 2 is 1.43 bits per heavy atom. The number of benzene rings is 3. The number of nitro groups is 2. The maximum absolute atomic E-state index is 10.6. The van der Waals surface area contributed by atoms with Crippen LogP contribution in [0, 0.1) is 34.1 Å². The first-order valence-electron chi connectivity index (χ1n) is 11.9. The van der Waals surface area contributed by atoms with Gasteiger partial charge in [-0.05, 0) is 38.0 Å². The summed E-state index contributed by atoms with van der Waals surface area (Å²) in [6.45, 7) is 15.1. The molecule has 0 N–H and O–H groups in total. The fourth-order valence-corrected chi connectivity index (χ4v) is 3.84. The molecule has 0 aromatic heterocycles. The van der Waals surface area contributed by atoms with Gasteiger partial charge in [-0.25, -0.2) is 0 Å². The minimum absolute atomic E-state index is 0.150. The number of nitrogens with zero attached hydrogens (tertiary/aromatic N) is 2. The zero-order chi connectivity index (χ0) is 28.2. The molecule has 0 aliphatic heterocycles. The number of thioether (sulfide) groups is 1. The lowest BCUT2D eigenvalue weighted by molar-refractivity contribution is -0.385. The van der Waals surface area contributed by atoms with E-state index in [4.69, 9.17) is 0 Å². The third-order valence-corrected chi connectivity index (χ3v) is 5.96. The Kier molecular flexibility index (Phi) is 17.6. The van der Waals surface area contributed by atoms with E-state index >= 15 is 0 Å². The van der Waals surface area contributed by atoms with Crippen LogP contribution in [-0.4, -0.2) is 17.1 Å². The highest BCUT2D eigenvalue weighted by Crippen LogP contribution is 2.28. The predicted octanol–water partition coefficient (Wildman–Crippen LogP) is 8.25. The minimum Gasteiger partial charge on any atom is -0.258 e. The molecule has 0 unspecified atom stereocenters. The van der Waals surface area contributed by atoms with E-state index in [1.54, 1.807) is 42.1 Å². The molecule has 0 amide bonds. The summed E-state index contributed by atoms with van der Waals surface area (Å²) in [5, 5.41) is 21.0. The van der Waals surface area contributed by atoms with Gasteiger partial charge in [-0.3, -0.25) is 20.2 Å². The van der Waals surface area contributed by atoms with Crippen LogP contribution in [0.5, 0.6) is 0 Å². The molecule has 0 atom stereocenters. The highest BCUT2D eigenvalue weighted by molar-refractivity contribution is 7.98. The zero-order valence-corrected chi connectivity index (χ0v) is 23.3. The van der Waals surface area contributed by atoms with Crippen molar-refractivity contribution in [1.29, 1.82) is 0 Å². The van der Waals surface area contributed by atoms with Gasteiger partial charge in [-0.15, -0.1) is 11.8 Å². The summed E-state index contributed by atoms with van der Waals surface area (Å²) in [5.41, 5.74) is 4.48. The van der Waals surface area contributed by atoms with Crippen molar-refractivity contribution in [1.82, 2.24) is 0 Å². The third kappa shape index (κ3) is 13.3.